The molecule has 2 heterocycles. The van der Waals surface area contributed by atoms with Gasteiger partial charge in [-0.2, -0.15) is 0 Å². The number of hydrogen-bond acceptors (Lipinski definition) is 4. The number of rotatable bonds is 7. The number of nitrogens with one attached hydrogen (secondary N) is 3. The first-order chi connectivity index (χ1) is 12.1. The minimum absolute atomic E-state index is 0.158. The summed E-state index contributed by atoms with van der Waals surface area (Å²) in [5.41, 5.74) is 2.12. The fourth-order valence-corrected chi connectivity index (χ4v) is 2.66. The van der Waals surface area contributed by atoms with Crippen molar-refractivity contribution in [2.24, 2.45) is 0 Å². The van der Waals surface area contributed by atoms with Gasteiger partial charge in [-0.1, -0.05) is 24.3 Å². The molecular weight excluding hydrogens is 322 g/mol. The van der Waals surface area contributed by atoms with Crippen LogP contribution in [-0.2, 0) is 22.7 Å². The largest absolute Gasteiger partial charge is 0.352 e. The maximum Gasteiger partial charge on any atom is 0.322 e. The highest BCUT2D eigenvalue weighted by Crippen LogP contribution is 2.08. The van der Waals surface area contributed by atoms with Crippen molar-refractivity contribution in [1.82, 2.24) is 25.5 Å². The number of carbonyl (C=O) groups is 3. The Morgan fingerprint density at radius 2 is 2.12 bits per heavy atom. The third-order valence-corrected chi connectivity index (χ3v) is 3.92. The lowest BCUT2D eigenvalue weighted by atomic mass is 10.1. The van der Waals surface area contributed by atoms with Gasteiger partial charge >= 0.3 is 6.03 Å². The molecule has 8 heteroatoms. The minimum Gasteiger partial charge on any atom is -0.352 e. The van der Waals surface area contributed by atoms with Crippen LogP contribution in [0.3, 0.4) is 0 Å². The summed E-state index contributed by atoms with van der Waals surface area (Å²) in [6.07, 6.45) is 5.84. The number of nitrogens with zero attached hydrogens (tertiary/aromatic N) is 2. The van der Waals surface area contributed by atoms with Crippen molar-refractivity contribution in [2.75, 3.05) is 0 Å². The van der Waals surface area contributed by atoms with E-state index in [1.165, 1.54) is 0 Å². The topological polar surface area (TPSA) is 105 Å². The van der Waals surface area contributed by atoms with E-state index in [-0.39, 0.29) is 24.7 Å². The number of imide groups is 1. The second-order valence-corrected chi connectivity index (χ2v) is 5.89. The second-order valence-electron chi connectivity index (χ2n) is 5.89. The number of imidazole rings is 1. The molecule has 3 N–H and O–H groups in total. The Morgan fingerprint density at radius 3 is 2.84 bits per heavy atom. The van der Waals surface area contributed by atoms with Gasteiger partial charge in [-0.25, -0.2) is 9.78 Å². The summed E-state index contributed by atoms with van der Waals surface area (Å²) in [6.45, 7) is 1.14. The quantitative estimate of drug-likeness (QED) is 0.639. The van der Waals surface area contributed by atoms with Crippen LogP contribution in [0.4, 0.5) is 4.79 Å². The molecule has 1 saturated heterocycles. The molecule has 0 spiro atoms. The summed E-state index contributed by atoms with van der Waals surface area (Å²) in [7, 11) is 0. The highest BCUT2D eigenvalue weighted by molar-refractivity contribution is 6.04. The average molecular weight is 341 g/mol. The molecule has 0 bridgehead atoms. The lowest BCUT2D eigenvalue weighted by molar-refractivity contribution is -0.122. The van der Waals surface area contributed by atoms with Crippen LogP contribution in [0, 0.1) is 0 Å². The van der Waals surface area contributed by atoms with Crippen molar-refractivity contribution in [1.29, 1.82) is 0 Å². The van der Waals surface area contributed by atoms with Gasteiger partial charge in [0.2, 0.25) is 5.91 Å². The van der Waals surface area contributed by atoms with E-state index >= 15 is 0 Å². The first-order valence-corrected chi connectivity index (χ1v) is 8.02. The lowest BCUT2D eigenvalue weighted by Gasteiger charge is -2.09. The van der Waals surface area contributed by atoms with E-state index in [4.69, 9.17) is 0 Å². The van der Waals surface area contributed by atoms with Gasteiger partial charge in [-0.05, 0) is 17.5 Å². The third kappa shape index (κ3) is 4.66. The van der Waals surface area contributed by atoms with Crippen LogP contribution in [0.5, 0.6) is 0 Å². The fourth-order valence-electron chi connectivity index (χ4n) is 2.66. The predicted octanol–water partition coefficient (Wildman–Crippen LogP) is 0.536. The smallest absolute Gasteiger partial charge is 0.322 e. The normalized spacial score (nSPS) is 16.4. The summed E-state index contributed by atoms with van der Waals surface area (Å²) in [4.78, 5) is 38.4. The minimum atomic E-state index is -0.628. The van der Waals surface area contributed by atoms with Gasteiger partial charge in [-0.3, -0.25) is 14.9 Å². The highest BCUT2D eigenvalue weighted by atomic mass is 16.2. The summed E-state index contributed by atoms with van der Waals surface area (Å²) in [5.74, 6) is -0.543. The Labute approximate surface area is 144 Å². The molecule has 4 amide bonds. The molecule has 0 radical (unpaired) electrons. The van der Waals surface area contributed by atoms with Gasteiger partial charge in [0.1, 0.15) is 6.04 Å². The predicted molar refractivity (Wildman–Crippen MR) is 89.3 cm³/mol. The van der Waals surface area contributed by atoms with Crippen LogP contribution in [0.2, 0.25) is 0 Å². The summed E-state index contributed by atoms with van der Waals surface area (Å²) >= 11 is 0. The number of aromatic nitrogens is 2. The molecule has 1 aromatic heterocycles. The molecule has 0 aliphatic carbocycles. The zero-order valence-corrected chi connectivity index (χ0v) is 13.6. The number of benzene rings is 1. The van der Waals surface area contributed by atoms with Crippen molar-refractivity contribution in [3.63, 3.8) is 0 Å². The molecule has 0 unspecified atom stereocenters. The van der Waals surface area contributed by atoms with Gasteiger partial charge in [0.25, 0.3) is 5.91 Å². The van der Waals surface area contributed by atoms with Gasteiger partial charge in [-0.15, -0.1) is 0 Å². The standard InChI is InChI=1S/C17H19N5O3/c23-15(5-4-14-16(24)21-17(25)20-14)19-9-12-2-1-3-13(8-12)10-22-7-6-18-11-22/h1-3,6-8,11,14H,4-5,9-10H2,(H,19,23)(H2,20,21,24,25)/t14-/m1/s1. The van der Waals surface area contributed by atoms with Crippen molar-refractivity contribution >= 4 is 17.8 Å². The monoisotopic (exact) mass is 341 g/mol. The van der Waals surface area contributed by atoms with Crippen LogP contribution in [-0.4, -0.2) is 33.4 Å². The number of carbonyl (C=O) groups excluding carboxylic acids is 3. The van der Waals surface area contributed by atoms with Crippen molar-refractivity contribution < 1.29 is 14.4 Å². The summed E-state index contributed by atoms with van der Waals surface area (Å²) in [5, 5.41) is 7.45. The van der Waals surface area contributed by atoms with Gasteiger partial charge in [0.15, 0.2) is 0 Å². The Balaban J connectivity index is 1.45. The van der Waals surface area contributed by atoms with Gasteiger partial charge in [0.05, 0.1) is 6.33 Å². The molecule has 25 heavy (non-hydrogen) atoms. The van der Waals surface area contributed by atoms with Crippen LogP contribution in [0.25, 0.3) is 0 Å². The van der Waals surface area contributed by atoms with Crippen LogP contribution in [0.1, 0.15) is 24.0 Å². The van der Waals surface area contributed by atoms with Crippen molar-refractivity contribution in [3.05, 3.63) is 54.1 Å². The van der Waals surface area contributed by atoms with Crippen LogP contribution in [0.15, 0.2) is 43.0 Å². The highest BCUT2D eigenvalue weighted by Gasteiger charge is 2.29. The Morgan fingerprint density at radius 1 is 1.28 bits per heavy atom. The van der Waals surface area contributed by atoms with E-state index < -0.39 is 12.1 Å². The number of urea groups is 1. The van der Waals surface area contributed by atoms with E-state index in [2.05, 4.69) is 20.9 Å². The third-order valence-electron chi connectivity index (χ3n) is 3.92. The average Bonchev–Trinajstić information content (AvgIpc) is 3.20. The fraction of sp³-hybridized carbons (Fsp3) is 0.294. The molecule has 2 aromatic rings. The lowest BCUT2D eigenvalue weighted by Crippen LogP contribution is -2.31. The van der Waals surface area contributed by atoms with Crippen LogP contribution < -0.4 is 16.0 Å². The van der Waals surface area contributed by atoms with E-state index in [1.54, 1.807) is 12.5 Å². The zero-order chi connectivity index (χ0) is 17.6. The molecule has 130 valence electrons. The van der Waals surface area contributed by atoms with E-state index in [1.807, 2.05) is 35.0 Å². The number of hydrogen-bond donors (Lipinski definition) is 3. The Kier molecular flexibility index (Phi) is 5.08. The molecule has 1 aliphatic heterocycles. The maximum atomic E-state index is 11.9. The van der Waals surface area contributed by atoms with E-state index in [0.717, 1.165) is 17.7 Å². The second kappa shape index (κ2) is 7.61. The maximum absolute atomic E-state index is 11.9. The first kappa shape index (κ1) is 16.7. The zero-order valence-electron chi connectivity index (χ0n) is 13.6. The first-order valence-electron chi connectivity index (χ1n) is 8.02. The van der Waals surface area contributed by atoms with E-state index in [0.29, 0.717) is 6.54 Å². The molecule has 1 fully saturated rings. The Bertz CT molecular complexity index is 772. The van der Waals surface area contributed by atoms with Crippen LogP contribution >= 0.6 is 0 Å². The van der Waals surface area contributed by atoms with E-state index in [9.17, 15) is 14.4 Å². The molecule has 8 nitrogen and oxygen atoms in total. The Hall–Kier alpha value is -3.16. The SMILES string of the molecule is O=C(CC[C@H]1NC(=O)NC1=O)NCc1cccc(Cn2ccnc2)c1. The van der Waals surface area contributed by atoms with Gasteiger partial charge < -0.3 is 15.2 Å². The molecule has 1 aromatic carbocycles. The molecule has 1 aliphatic rings. The molecular formula is C17H19N5O3. The van der Waals surface area contributed by atoms with Crippen molar-refractivity contribution in [3.8, 4) is 0 Å². The van der Waals surface area contributed by atoms with Crippen molar-refractivity contribution in [2.45, 2.75) is 32.0 Å². The number of amides is 4. The van der Waals surface area contributed by atoms with Gasteiger partial charge in [0, 0.05) is 31.9 Å². The summed E-state index contributed by atoms with van der Waals surface area (Å²) in [6, 6.07) is 6.81. The summed E-state index contributed by atoms with van der Waals surface area (Å²) < 4.78 is 1.97. The molecule has 3 rings (SSSR count). The molecule has 1 atom stereocenters. The molecule has 0 saturated carbocycles.